The number of carbonyl (C=O) groups excluding carboxylic acids is 2. The van der Waals surface area contributed by atoms with Gasteiger partial charge < -0.3 is 14.6 Å². The number of rotatable bonds is 4. The van der Waals surface area contributed by atoms with E-state index in [1.54, 1.807) is 13.8 Å². The normalized spacial score (nSPS) is 26.4. The van der Waals surface area contributed by atoms with Crippen LogP contribution in [0.2, 0.25) is 0 Å². The van der Waals surface area contributed by atoms with Crippen molar-refractivity contribution in [1.29, 1.82) is 0 Å². The van der Waals surface area contributed by atoms with E-state index in [4.69, 9.17) is 9.47 Å². The molecule has 0 aromatic carbocycles. The Kier molecular flexibility index (Phi) is 7.58. The van der Waals surface area contributed by atoms with Crippen LogP contribution in [0.5, 0.6) is 0 Å². The summed E-state index contributed by atoms with van der Waals surface area (Å²) in [6, 6.07) is 0. The summed E-state index contributed by atoms with van der Waals surface area (Å²) in [5.74, 6) is -6.17. The molecule has 0 aromatic heterocycles. The zero-order valence-electron chi connectivity index (χ0n) is 14.2. The zero-order valence-corrected chi connectivity index (χ0v) is 17.8. The Bertz CT molecular complexity index is 787. The summed E-state index contributed by atoms with van der Waals surface area (Å²) in [5, 5.41) is 12.0. The van der Waals surface area contributed by atoms with Crippen LogP contribution in [-0.4, -0.2) is 60.1 Å². The molecular weight excluding hydrogens is 407 g/mol. The molecule has 0 aliphatic carbocycles. The van der Waals surface area contributed by atoms with Gasteiger partial charge in [0.05, 0.1) is 25.9 Å². The molecule has 2 aliphatic rings. The van der Waals surface area contributed by atoms with Crippen LogP contribution in [0.3, 0.4) is 0 Å². The van der Waals surface area contributed by atoms with Crippen molar-refractivity contribution in [2.75, 3.05) is 19.8 Å². The first kappa shape index (κ1) is 23.7. The summed E-state index contributed by atoms with van der Waals surface area (Å²) in [6.07, 6.45) is -1.41. The van der Waals surface area contributed by atoms with E-state index in [9.17, 15) is 31.5 Å². The number of hydrogen-bond acceptors (Lipinski definition) is 11. The van der Waals surface area contributed by atoms with Gasteiger partial charge in [0.15, 0.2) is 5.79 Å². The zero-order chi connectivity index (χ0) is 19.0. The van der Waals surface area contributed by atoms with Gasteiger partial charge in [-0.25, -0.2) is 0 Å². The van der Waals surface area contributed by atoms with E-state index in [1.165, 1.54) is 0 Å². The van der Waals surface area contributed by atoms with E-state index in [2.05, 4.69) is 8.37 Å². The van der Waals surface area contributed by atoms with Gasteiger partial charge in [0.25, 0.3) is 0 Å². The number of carbonyl (C=O) groups is 2. The fourth-order valence-electron chi connectivity index (χ4n) is 2.13. The molecule has 2 heterocycles. The molecule has 0 aromatic rings. The third-order valence-electron chi connectivity index (χ3n) is 3.14. The van der Waals surface area contributed by atoms with Crippen molar-refractivity contribution >= 4 is 31.8 Å². The SMILES string of the molecule is CC1(C)OCC(CC(=O)C(=O)C([O-])=C2S(=O)(=O)OCCOS2(=O)=O)O1.[Na+]. The average Bonchev–Trinajstić information content (AvgIpc) is 2.75. The Morgan fingerprint density at radius 2 is 1.62 bits per heavy atom. The summed E-state index contributed by atoms with van der Waals surface area (Å²) < 4.78 is 64.2. The quantitative estimate of drug-likeness (QED) is 0.140. The maximum absolute atomic E-state index is 12.0. The number of allylic oxidation sites excluding steroid dienone is 1. The average molecular weight is 422 g/mol. The van der Waals surface area contributed by atoms with Crippen LogP contribution >= 0.6 is 0 Å². The molecule has 0 bridgehead atoms. The molecule has 0 amide bonds. The summed E-state index contributed by atoms with van der Waals surface area (Å²) in [6.45, 7) is 1.78. The fraction of sp³-hybridized carbons (Fsp3) is 0.667. The largest absolute Gasteiger partial charge is 1.00 e. The van der Waals surface area contributed by atoms with Gasteiger partial charge in [0.2, 0.25) is 15.8 Å². The molecule has 0 saturated carbocycles. The predicted molar refractivity (Wildman–Crippen MR) is 76.3 cm³/mol. The van der Waals surface area contributed by atoms with Gasteiger partial charge in [0, 0.05) is 6.42 Å². The predicted octanol–water partition coefficient (Wildman–Crippen LogP) is -5.09. The van der Waals surface area contributed by atoms with E-state index < -0.39 is 73.3 Å². The molecule has 0 radical (unpaired) electrons. The topological polar surface area (TPSA) is 162 Å². The van der Waals surface area contributed by atoms with Crippen molar-refractivity contribution in [2.45, 2.75) is 32.2 Å². The Morgan fingerprint density at radius 1 is 1.12 bits per heavy atom. The van der Waals surface area contributed by atoms with Crippen LogP contribution in [-0.2, 0) is 47.7 Å². The first-order chi connectivity index (χ1) is 11.4. The van der Waals surface area contributed by atoms with Crippen molar-refractivity contribution in [3.8, 4) is 0 Å². The minimum atomic E-state index is -5.07. The Morgan fingerprint density at radius 3 is 2.04 bits per heavy atom. The Hall–Kier alpha value is -0.380. The van der Waals surface area contributed by atoms with Gasteiger partial charge >= 0.3 is 49.8 Å². The number of ketones is 2. The second-order valence-corrected chi connectivity index (χ2v) is 8.94. The van der Waals surface area contributed by atoms with E-state index in [0.29, 0.717) is 0 Å². The molecule has 142 valence electrons. The second-order valence-electron chi connectivity index (χ2n) is 5.58. The number of ether oxygens (including phenoxy) is 2. The first-order valence-electron chi connectivity index (χ1n) is 6.95. The van der Waals surface area contributed by atoms with E-state index in [-0.39, 0.29) is 36.2 Å². The van der Waals surface area contributed by atoms with Gasteiger partial charge in [-0.3, -0.25) is 18.0 Å². The molecule has 26 heavy (non-hydrogen) atoms. The summed E-state index contributed by atoms with van der Waals surface area (Å²) in [5.41, 5.74) is 0. The van der Waals surface area contributed by atoms with Crippen LogP contribution in [0.1, 0.15) is 20.3 Å². The molecular formula is C12H15NaO11S2. The van der Waals surface area contributed by atoms with Gasteiger partial charge in [-0.05, 0) is 19.6 Å². The molecule has 2 saturated heterocycles. The van der Waals surface area contributed by atoms with Crippen molar-refractivity contribution in [3.63, 3.8) is 0 Å². The molecule has 2 fully saturated rings. The Balaban J connectivity index is 0.00000338. The van der Waals surface area contributed by atoms with E-state index >= 15 is 0 Å². The van der Waals surface area contributed by atoms with Crippen LogP contribution in [0.15, 0.2) is 10.00 Å². The van der Waals surface area contributed by atoms with Gasteiger partial charge in [0.1, 0.15) is 0 Å². The van der Waals surface area contributed by atoms with Gasteiger partial charge in [-0.15, -0.1) is 0 Å². The van der Waals surface area contributed by atoms with Crippen molar-refractivity contribution < 1.29 is 78.9 Å². The maximum Gasteiger partial charge on any atom is 1.00 e. The molecule has 1 atom stereocenters. The maximum atomic E-state index is 12.0. The van der Waals surface area contributed by atoms with E-state index in [0.717, 1.165) is 0 Å². The first-order valence-corrected chi connectivity index (χ1v) is 9.77. The minimum Gasteiger partial charge on any atom is -0.868 e. The van der Waals surface area contributed by atoms with E-state index in [1.807, 2.05) is 0 Å². The molecule has 0 spiro atoms. The van der Waals surface area contributed by atoms with Gasteiger partial charge in [-0.2, -0.15) is 16.8 Å². The molecule has 14 heteroatoms. The third-order valence-corrected chi connectivity index (χ3v) is 6.60. The molecule has 1 unspecified atom stereocenters. The second kappa shape index (κ2) is 8.32. The summed E-state index contributed by atoms with van der Waals surface area (Å²) in [4.78, 5) is 23.8. The standard InChI is InChI=1S/C12H16O11S2.Na/c1-12(2)20-6-7(23-12)5-8(13)9(14)10(15)11-24(16,17)21-3-4-22-25(11,18)19;/h7,15H,3-6H2,1-2H3;/q;+1/p-1. The molecule has 0 N–H and O–H groups in total. The van der Waals surface area contributed by atoms with Crippen LogP contribution in [0.25, 0.3) is 0 Å². The summed E-state index contributed by atoms with van der Waals surface area (Å²) >= 11 is 0. The Labute approximate surface area is 172 Å². The fourth-order valence-corrected chi connectivity index (χ4v) is 4.85. The monoisotopic (exact) mass is 422 g/mol. The van der Waals surface area contributed by atoms with Crippen molar-refractivity contribution in [2.24, 2.45) is 0 Å². The molecule has 2 aliphatic heterocycles. The number of Topliss-reactive ketones (excluding diaryl/α,β-unsaturated/α-hetero) is 2. The van der Waals surface area contributed by atoms with Crippen LogP contribution in [0, 0.1) is 0 Å². The summed E-state index contributed by atoms with van der Waals surface area (Å²) in [7, 11) is -10.1. The molecule has 2 rings (SSSR count). The van der Waals surface area contributed by atoms with Crippen molar-refractivity contribution in [3.05, 3.63) is 10.00 Å². The van der Waals surface area contributed by atoms with Crippen molar-refractivity contribution in [1.82, 2.24) is 0 Å². The van der Waals surface area contributed by atoms with Gasteiger partial charge in [-0.1, -0.05) is 0 Å². The van der Waals surface area contributed by atoms with Crippen LogP contribution in [0.4, 0.5) is 0 Å². The smallest absolute Gasteiger partial charge is 0.868 e. The molecule has 11 nitrogen and oxygen atoms in total. The van der Waals surface area contributed by atoms with Crippen LogP contribution < -0.4 is 34.7 Å². The minimum absolute atomic E-state index is 0. The third kappa shape index (κ3) is 5.33. The number of hydrogen-bond donors (Lipinski definition) is 0.